The van der Waals surface area contributed by atoms with Crippen molar-refractivity contribution in [3.63, 3.8) is 0 Å². The normalized spacial score (nSPS) is 8.86. The predicted molar refractivity (Wildman–Crippen MR) is 58.4 cm³/mol. The summed E-state index contributed by atoms with van der Waals surface area (Å²) in [6, 6.07) is 1.72. The molecule has 0 saturated carbocycles. The number of carbonyl (C=O) groups is 1. The van der Waals surface area contributed by atoms with Crippen LogP contribution in [0.15, 0.2) is 18.5 Å². The first-order valence-electron chi connectivity index (χ1n) is 3.49. The number of fused-ring (bicyclic) bond motifs is 1. The van der Waals surface area contributed by atoms with Gasteiger partial charge in [-0.25, -0.2) is 4.98 Å². The first kappa shape index (κ1) is 12.2. The van der Waals surface area contributed by atoms with E-state index in [0.717, 1.165) is 11.7 Å². The molecular weight excluding hydrogens is 177 g/mol. The fraction of sp³-hybridized carbons (Fsp3) is 0.111. The van der Waals surface area contributed by atoms with Gasteiger partial charge < -0.3 is 10.7 Å². The maximum atomic E-state index is 10.5. The summed E-state index contributed by atoms with van der Waals surface area (Å²) in [5.74, 6) is 0. The van der Waals surface area contributed by atoms with Crippen molar-refractivity contribution in [2.45, 2.75) is 7.43 Å². The number of nitrogens with two attached hydrogens (primary N) is 1. The smallest absolute Gasteiger partial charge is 0.152 e. The number of pyridine rings is 1. The van der Waals surface area contributed by atoms with Gasteiger partial charge >= 0.3 is 0 Å². The predicted octanol–water partition coefficient (Wildman–Crippen LogP) is 1.21. The zero-order chi connectivity index (χ0) is 8.55. The Morgan fingerprint density at radius 1 is 1.50 bits per heavy atom. The molecule has 2 rings (SSSR count). The number of H-pyrrole nitrogens is 1. The van der Waals surface area contributed by atoms with Crippen molar-refractivity contribution in [1.82, 2.24) is 9.97 Å². The van der Waals surface area contributed by atoms with Crippen molar-refractivity contribution < 1.29 is 4.79 Å². The third-order valence-electron chi connectivity index (χ3n) is 1.71. The Kier molecular flexibility index (Phi) is 3.89. The second-order valence-corrected chi connectivity index (χ2v) is 2.53. The van der Waals surface area contributed by atoms with Gasteiger partial charge in [0.05, 0.1) is 11.9 Å². The lowest BCUT2D eigenvalue weighted by molar-refractivity contribution is 0.112. The van der Waals surface area contributed by atoms with E-state index in [9.17, 15) is 4.79 Å². The van der Waals surface area contributed by atoms with Crippen molar-refractivity contribution in [3.8, 4) is 0 Å². The fourth-order valence-electron chi connectivity index (χ4n) is 1.14. The number of nitrogens with one attached hydrogen (secondary N) is 1. The maximum absolute atomic E-state index is 10.5. The molecule has 14 heavy (non-hydrogen) atoms. The molecule has 0 spiro atoms. The summed E-state index contributed by atoms with van der Waals surface area (Å²) >= 11 is 0. The minimum absolute atomic E-state index is 0. The quantitative estimate of drug-likeness (QED) is 0.521. The van der Waals surface area contributed by atoms with Gasteiger partial charge in [-0.3, -0.25) is 4.79 Å². The molecule has 5 heteroatoms. The largest absolute Gasteiger partial charge is 0.397 e. The Hall–Kier alpha value is -1.78. The topological polar surface area (TPSA) is 71.8 Å². The van der Waals surface area contributed by atoms with E-state index in [-0.39, 0.29) is 15.8 Å². The monoisotopic (exact) mass is 188 g/mol. The van der Waals surface area contributed by atoms with Gasteiger partial charge in [-0.2, -0.15) is 0 Å². The first-order chi connectivity index (χ1) is 5.81. The number of aldehydes is 1. The number of aromatic nitrogens is 2. The van der Waals surface area contributed by atoms with Crippen LogP contribution in [0.1, 0.15) is 17.8 Å². The van der Waals surface area contributed by atoms with Crippen LogP contribution in [0.3, 0.4) is 0 Å². The molecule has 3 N–H and O–H groups in total. The van der Waals surface area contributed by atoms with Gasteiger partial charge in [0.25, 0.3) is 0 Å². The molecule has 0 aliphatic rings. The molecule has 0 fully saturated rings. The minimum atomic E-state index is 0. The Labute approximate surface area is 84.1 Å². The van der Waals surface area contributed by atoms with Crippen LogP contribution < -0.4 is 5.73 Å². The van der Waals surface area contributed by atoms with Crippen molar-refractivity contribution in [2.75, 3.05) is 5.73 Å². The average Bonchev–Trinajstić information content (AvgIpc) is 2.46. The molecule has 0 amide bonds. The van der Waals surface area contributed by atoms with Crippen LogP contribution >= 0.6 is 0 Å². The Bertz CT molecular complexity index is 439. The van der Waals surface area contributed by atoms with Gasteiger partial charge in [0.1, 0.15) is 5.65 Å². The van der Waals surface area contributed by atoms with E-state index in [1.165, 1.54) is 0 Å². The lowest BCUT2D eigenvalue weighted by atomic mass is 10.2. The van der Waals surface area contributed by atoms with Gasteiger partial charge in [0.2, 0.25) is 0 Å². The van der Waals surface area contributed by atoms with E-state index in [2.05, 4.69) is 9.97 Å². The molecule has 0 saturated heterocycles. The van der Waals surface area contributed by atoms with Crippen molar-refractivity contribution in [3.05, 3.63) is 24.0 Å². The summed E-state index contributed by atoms with van der Waals surface area (Å²) < 4.78 is 0. The molecule has 2 aromatic heterocycles. The summed E-state index contributed by atoms with van der Waals surface area (Å²) in [5, 5.41) is 0.769. The zero-order valence-electron chi connectivity index (χ0n) is 6.82. The van der Waals surface area contributed by atoms with Crippen LogP contribution in [0.2, 0.25) is 0 Å². The van der Waals surface area contributed by atoms with Gasteiger partial charge in [0.15, 0.2) is 6.29 Å². The lowest BCUT2D eigenvalue weighted by Gasteiger charge is -1.91. The van der Waals surface area contributed by atoms with Crippen LogP contribution in [0, 0.1) is 0 Å². The third kappa shape index (κ3) is 1.76. The SMILES string of the molecule is C.Nc1cnc2[nH]cc(C=O)c2c1.[B]. The molecule has 0 aliphatic carbocycles. The number of aromatic amines is 1. The number of nitrogen functional groups attached to an aromatic ring is 1. The molecule has 2 aromatic rings. The molecule has 0 unspecified atom stereocenters. The Balaban J connectivity index is 0.000000845. The first-order valence-corrected chi connectivity index (χ1v) is 3.49. The van der Waals surface area contributed by atoms with Gasteiger partial charge in [0, 0.05) is 25.6 Å². The Morgan fingerprint density at radius 2 is 2.21 bits per heavy atom. The fourth-order valence-corrected chi connectivity index (χ4v) is 1.14. The summed E-state index contributed by atoms with van der Waals surface area (Å²) in [6.07, 6.45) is 3.94. The average molecular weight is 188 g/mol. The summed E-state index contributed by atoms with van der Waals surface area (Å²) in [4.78, 5) is 17.4. The molecule has 0 atom stereocenters. The Morgan fingerprint density at radius 3 is 2.86 bits per heavy atom. The van der Waals surface area contributed by atoms with E-state index < -0.39 is 0 Å². The number of rotatable bonds is 1. The molecule has 4 nitrogen and oxygen atoms in total. The van der Waals surface area contributed by atoms with Crippen molar-refractivity contribution in [1.29, 1.82) is 0 Å². The van der Waals surface area contributed by atoms with Gasteiger partial charge in [-0.05, 0) is 6.07 Å². The van der Waals surface area contributed by atoms with Crippen LogP contribution in [0.4, 0.5) is 5.69 Å². The number of hydrogen-bond acceptors (Lipinski definition) is 3. The lowest BCUT2D eigenvalue weighted by Crippen LogP contribution is -1.86. The van der Waals surface area contributed by atoms with E-state index in [1.54, 1.807) is 18.5 Å². The highest BCUT2D eigenvalue weighted by atomic mass is 16.1. The van der Waals surface area contributed by atoms with E-state index in [0.29, 0.717) is 16.9 Å². The zero-order valence-corrected chi connectivity index (χ0v) is 6.82. The summed E-state index contributed by atoms with van der Waals surface area (Å²) in [7, 11) is 0. The van der Waals surface area contributed by atoms with Crippen LogP contribution in [0.25, 0.3) is 11.0 Å². The maximum Gasteiger partial charge on any atom is 0.152 e. The summed E-state index contributed by atoms with van der Waals surface area (Å²) in [6.45, 7) is 0. The molecular formula is C9H11BN3O. The second-order valence-electron chi connectivity index (χ2n) is 2.53. The number of hydrogen-bond donors (Lipinski definition) is 2. The third-order valence-corrected chi connectivity index (χ3v) is 1.71. The standard InChI is InChI=1S/C8H7N3O.CH4.B/c9-6-1-7-5(4-12)2-10-8(7)11-3-6;;/h1-4H,9H2,(H,10,11);1H4;. The van der Waals surface area contributed by atoms with E-state index >= 15 is 0 Å². The second kappa shape index (κ2) is 4.46. The molecule has 2 heterocycles. The number of nitrogens with zero attached hydrogens (tertiary/aromatic N) is 1. The molecule has 3 radical (unpaired) electrons. The van der Waals surface area contributed by atoms with E-state index in [1.807, 2.05) is 0 Å². The van der Waals surface area contributed by atoms with Crippen LogP contribution in [-0.4, -0.2) is 24.7 Å². The molecule has 0 aromatic carbocycles. The molecule has 0 aliphatic heterocycles. The van der Waals surface area contributed by atoms with Crippen molar-refractivity contribution >= 4 is 31.4 Å². The summed E-state index contributed by atoms with van der Waals surface area (Å²) in [5.41, 5.74) is 7.35. The van der Waals surface area contributed by atoms with Crippen molar-refractivity contribution in [2.24, 2.45) is 0 Å². The van der Waals surface area contributed by atoms with E-state index in [4.69, 9.17) is 5.73 Å². The number of anilines is 1. The van der Waals surface area contributed by atoms with Gasteiger partial charge in [-0.1, -0.05) is 7.43 Å². The number of carbonyl (C=O) groups excluding carboxylic acids is 1. The minimum Gasteiger partial charge on any atom is -0.397 e. The highest BCUT2D eigenvalue weighted by Crippen LogP contribution is 2.16. The molecule has 0 bridgehead atoms. The van der Waals surface area contributed by atoms with Crippen LogP contribution in [0.5, 0.6) is 0 Å². The highest BCUT2D eigenvalue weighted by molar-refractivity contribution is 5.96. The van der Waals surface area contributed by atoms with Gasteiger partial charge in [-0.15, -0.1) is 0 Å². The highest BCUT2D eigenvalue weighted by Gasteiger charge is 2.02. The van der Waals surface area contributed by atoms with Crippen LogP contribution in [-0.2, 0) is 0 Å². The molecule has 71 valence electrons.